The van der Waals surface area contributed by atoms with Gasteiger partial charge in [-0.2, -0.15) is 291 Å². The summed E-state index contributed by atoms with van der Waals surface area (Å²) >= 11 is 0. The van der Waals surface area contributed by atoms with Gasteiger partial charge in [-0.15, -0.1) is 0 Å². The van der Waals surface area contributed by atoms with Crippen molar-refractivity contribution < 1.29 is 20.4 Å². The van der Waals surface area contributed by atoms with Gasteiger partial charge in [-0.25, -0.2) is 20.0 Å². The molecule has 8 aromatic rings. The van der Waals surface area contributed by atoms with Crippen LogP contribution in [-0.4, -0.2) is 22.8 Å². The van der Waals surface area contributed by atoms with E-state index in [1.165, 1.54) is 0 Å². The fourth-order valence-corrected chi connectivity index (χ4v) is 5.56. The molecule has 5 heteroatoms. The Hall–Kier alpha value is -8.98. The van der Waals surface area contributed by atoms with Crippen LogP contribution in [0.1, 0.15) is 0 Å². The van der Waals surface area contributed by atoms with Gasteiger partial charge in [0.1, 0.15) is 0 Å². The van der Waals surface area contributed by atoms with Crippen molar-refractivity contribution in [2.45, 2.75) is 0 Å². The van der Waals surface area contributed by atoms with Crippen molar-refractivity contribution in [2.75, 3.05) is 0 Å². The predicted octanol–water partition coefficient (Wildman–Crippen LogP) is 15.5. The van der Waals surface area contributed by atoms with Crippen LogP contribution in [0.15, 0.2) is 358 Å². The van der Waals surface area contributed by atoms with Crippen LogP contribution in [0.3, 0.4) is 0 Å². The monoisotopic (exact) mass is 1030 g/mol. The molecule has 0 saturated heterocycles. The zero-order valence-corrected chi connectivity index (χ0v) is 41.7. The number of hydrogen-bond donors (Lipinski definition) is 0. The van der Waals surface area contributed by atoms with Crippen molar-refractivity contribution in [3.05, 3.63) is 387 Å². The molecule has 8 aromatic carbocycles. The molecule has 0 N–H and O–H groups in total. The second-order valence-electron chi connectivity index (χ2n) is 14.4. The number of hydrogen-bond acceptors (Lipinski definition) is 4. The summed E-state index contributed by atoms with van der Waals surface area (Å²) in [5.74, 6) is 0. The molecule has 362 valence electrons. The first-order chi connectivity index (χ1) is 35.8. The molecule has 8 bridgehead atoms. The molecule has 4 nitrogen and oxygen atoms in total. The van der Waals surface area contributed by atoms with Gasteiger partial charge in [0.25, 0.3) is 0 Å². The molecule has 13 rings (SSSR count). The maximum Gasteiger partial charge on any atom is 0.0659 e. The van der Waals surface area contributed by atoms with Crippen molar-refractivity contribution in [3.63, 3.8) is 0 Å². The summed E-state index contributed by atoms with van der Waals surface area (Å²) in [6.07, 6.45) is 23.8. The van der Waals surface area contributed by atoms with Gasteiger partial charge >= 0.3 is 0 Å². The Kier molecular flexibility index (Phi) is 30.1. The molecule has 0 aromatic heterocycles. The van der Waals surface area contributed by atoms with Gasteiger partial charge in [0.2, 0.25) is 0 Å². The van der Waals surface area contributed by atoms with Crippen molar-refractivity contribution >= 4 is 22.8 Å². The Morgan fingerprint density at radius 2 is 0.315 bits per heavy atom. The van der Waals surface area contributed by atoms with Crippen LogP contribution >= 0.6 is 0 Å². The summed E-state index contributed by atoms with van der Waals surface area (Å²) in [5, 5.41) is 0. The SMILES string of the molecule is C1=CC2=NC1=CC1=NC(=CC3=NC(=CC4=NC(=C2)C=C4)C=C3)C=C1.[Pd].[c-]1ccccc1.[c-]1ccccc1.[c-]1ccccc1.[c-]1ccccc1.[c-]1ccccc1.[c-]1ccccc1.[c-]1ccccc1.[c-]1ccccc1. The fourth-order valence-electron chi connectivity index (χ4n) is 5.56. The zero-order valence-electron chi connectivity index (χ0n) is 40.1. The standard InChI is InChI=1S/C20H12N4.8C6H5.Pd/c1-2-14-10-16-5-6-18(23-16)12-20-8-7-19(24-20)11-17-4-3-15(22-17)9-13(1)21-14;8*1-2-4-6-5-3-1;/h1-12H;8*1-5H;/q;8*-1;. The topological polar surface area (TPSA) is 49.4 Å². The van der Waals surface area contributed by atoms with Gasteiger partial charge in [0, 0.05) is 20.4 Å². The van der Waals surface area contributed by atoms with E-state index >= 15 is 0 Å². The Morgan fingerprint density at radius 1 is 0.178 bits per heavy atom. The number of fused-ring (bicyclic) bond motifs is 4. The molecule has 5 aliphatic rings. The van der Waals surface area contributed by atoms with E-state index in [0.29, 0.717) is 0 Å². The van der Waals surface area contributed by atoms with Crippen molar-refractivity contribution in [3.8, 4) is 0 Å². The van der Waals surface area contributed by atoms with Crippen LogP contribution in [0.25, 0.3) is 0 Å². The third kappa shape index (κ3) is 28.3. The number of aliphatic imine (C=N–C) groups is 4. The van der Waals surface area contributed by atoms with Crippen LogP contribution in [0.5, 0.6) is 0 Å². The van der Waals surface area contributed by atoms with Crippen molar-refractivity contribution in [2.24, 2.45) is 20.0 Å². The maximum absolute atomic E-state index is 4.59. The van der Waals surface area contributed by atoms with Gasteiger partial charge in [0.15, 0.2) is 0 Å². The summed E-state index contributed by atoms with van der Waals surface area (Å²) in [6, 6.07) is 100. The van der Waals surface area contributed by atoms with E-state index in [-0.39, 0.29) is 20.4 Å². The summed E-state index contributed by atoms with van der Waals surface area (Å²) in [4.78, 5) is 18.4. The summed E-state index contributed by atoms with van der Waals surface area (Å²) in [7, 11) is 0. The average molecular weight is 1030 g/mol. The molecule has 73 heavy (non-hydrogen) atoms. The minimum absolute atomic E-state index is 0. The first-order valence-corrected chi connectivity index (χ1v) is 23.0. The Bertz CT molecular complexity index is 2220. The first kappa shape index (κ1) is 56.6. The molecule has 0 saturated carbocycles. The average Bonchev–Trinajstić information content (AvgIpc) is 4.34. The van der Waals surface area contributed by atoms with Crippen LogP contribution in [0, 0.1) is 48.5 Å². The van der Waals surface area contributed by atoms with E-state index in [1.54, 1.807) is 0 Å². The van der Waals surface area contributed by atoms with Crippen LogP contribution < -0.4 is 0 Å². The molecule has 0 aliphatic carbocycles. The second kappa shape index (κ2) is 38.8. The Morgan fingerprint density at radius 3 is 0.411 bits per heavy atom. The van der Waals surface area contributed by atoms with E-state index in [4.69, 9.17) is 0 Å². The zero-order chi connectivity index (χ0) is 49.9. The summed E-state index contributed by atoms with van der Waals surface area (Å²) in [5.41, 5.74) is 7.15. The fraction of sp³-hybridized carbons (Fsp3) is 0. The Labute approximate surface area is 447 Å². The van der Waals surface area contributed by atoms with Gasteiger partial charge in [-0.1, -0.05) is 0 Å². The maximum atomic E-state index is 4.59. The molecule has 0 unspecified atom stereocenters. The van der Waals surface area contributed by atoms with Crippen LogP contribution in [0.2, 0.25) is 0 Å². The van der Waals surface area contributed by atoms with Gasteiger partial charge in [-0.3, -0.25) is 0 Å². The molecule has 0 amide bonds. The molecular formula is C68H52N4Pd-8. The molecular weight excluding hydrogens is 979 g/mol. The third-order valence-electron chi connectivity index (χ3n) is 8.77. The van der Waals surface area contributed by atoms with Crippen LogP contribution in [-0.2, 0) is 20.4 Å². The minimum atomic E-state index is 0. The third-order valence-corrected chi connectivity index (χ3v) is 8.77. The van der Waals surface area contributed by atoms with E-state index in [9.17, 15) is 0 Å². The Balaban J connectivity index is 0.000000196. The van der Waals surface area contributed by atoms with Gasteiger partial charge in [-0.05, 0) is 72.9 Å². The van der Waals surface area contributed by atoms with Gasteiger partial charge < -0.3 is 0 Å². The van der Waals surface area contributed by atoms with E-state index < -0.39 is 0 Å². The molecule has 0 atom stereocenters. The number of rotatable bonds is 0. The quantitative estimate of drug-likeness (QED) is 0.107. The van der Waals surface area contributed by atoms with Crippen molar-refractivity contribution in [1.82, 2.24) is 0 Å². The minimum Gasteiger partial charge on any atom is -0.249 e. The van der Waals surface area contributed by atoms with Crippen molar-refractivity contribution in [1.29, 1.82) is 0 Å². The molecule has 0 fully saturated rings. The molecule has 0 spiro atoms. The summed E-state index contributed by atoms with van der Waals surface area (Å²) < 4.78 is 0. The number of allylic oxidation sites excluding steroid dienone is 12. The molecule has 5 aliphatic heterocycles. The molecule has 5 heterocycles. The van der Waals surface area contributed by atoms with E-state index in [0.717, 1.165) is 45.6 Å². The first-order valence-electron chi connectivity index (χ1n) is 23.0. The van der Waals surface area contributed by atoms with E-state index in [2.05, 4.69) is 68.5 Å². The normalized spacial score (nSPS) is 12.7. The second-order valence-corrected chi connectivity index (χ2v) is 14.4. The van der Waals surface area contributed by atoms with E-state index in [1.807, 2.05) is 316 Å². The summed E-state index contributed by atoms with van der Waals surface area (Å²) in [6.45, 7) is 0. The number of nitrogens with zero attached hydrogens (tertiary/aromatic N) is 4. The smallest absolute Gasteiger partial charge is 0.0659 e. The van der Waals surface area contributed by atoms with Crippen LogP contribution in [0.4, 0.5) is 0 Å². The van der Waals surface area contributed by atoms with Gasteiger partial charge in [0.05, 0.1) is 45.6 Å². The predicted molar refractivity (Wildman–Crippen MR) is 301 cm³/mol. The molecule has 0 radical (unpaired) electrons. The number of benzene rings is 8. The largest absolute Gasteiger partial charge is 0.249 e.